The lowest BCUT2D eigenvalue weighted by atomic mass is 10.2. The minimum atomic E-state index is -0.189. The first-order valence-corrected chi connectivity index (χ1v) is 12.5. The standard InChI is InChI=1S/C27H30ClN5O4/c1-18(34)17-37-20-7-5-6-19(14-20)16-32(24(35)15-28)11-12-33-23(10-13-36-2)31-25-26(33)21-8-3-4-9-22(21)30-27(25)29/h3-9,14H,10-13,15-17H2,1-2H3,(H2,29,30). The third-order valence-corrected chi connectivity index (χ3v) is 6.22. The second kappa shape index (κ2) is 12.0. The molecule has 2 N–H and O–H groups in total. The van der Waals surface area contributed by atoms with Crippen LogP contribution in [0.25, 0.3) is 21.9 Å². The first-order chi connectivity index (χ1) is 17.9. The first kappa shape index (κ1) is 26.4. The number of ether oxygens (including phenoxy) is 2. The van der Waals surface area contributed by atoms with Gasteiger partial charge in [-0.15, -0.1) is 11.6 Å². The number of carbonyl (C=O) groups excluding carboxylic acids is 2. The highest BCUT2D eigenvalue weighted by atomic mass is 35.5. The summed E-state index contributed by atoms with van der Waals surface area (Å²) < 4.78 is 12.9. The number of nitrogen functional groups attached to an aromatic ring is 1. The van der Waals surface area contributed by atoms with Gasteiger partial charge in [-0.2, -0.15) is 0 Å². The molecule has 0 aliphatic carbocycles. The number of amides is 1. The van der Waals surface area contributed by atoms with Crippen LogP contribution in [0.2, 0.25) is 0 Å². The summed E-state index contributed by atoms with van der Waals surface area (Å²) in [6.07, 6.45) is 0.581. The molecule has 0 spiro atoms. The molecule has 1 amide bonds. The fraction of sp³-hybridized carbons (Fsp3) is 0.333. The molecule has 0 saturated carbocycles. The Morgan fingerprint density at radius 3 is 2.70 bits per heavy atom. The molecule has 0 aliphatic rings. The van der Waals surface area contributed by atoms with E-state index in [2.05, 4.69) is 9.55 Å². The highest BCUT2D eigenvalue weighted by Crippen LogP contribution is 2.29. The van der Waals surface area contributed by atoms with E-state index in [4.69, 9.17) is 31.8 Å². The zero-order valence-corrected chi connectivity index (χ0v) is 21.7. The summed E-state index contributed by atoms with van der Waals surface area (Å²) in [5.74, 6) is 1.35. The predicted molar refractivity (Wildman–Crippen MR) is 144 cm³/mol. The Bertz CT molecular complexity index is 1420. The first-order valence-electron chi connectivity index (χ1n) is 12.0. The fourth-order valence-corrected chi connectivity index (χ4v) is 4.44. The van der Waals surface area contributed by atoms with Gasteiger partial charge in [0.25, 0.3) is 0 Å². The molecule has 9 nitrogen and oxygen atoms in total. The van der Waals surface area contributed by atoms with Crippen molar-refractivity contribution in [3.05, 3.63) is 59.9 Å². The lowest BCUT2D eigenvalue weighted by molar-refractivity contribution is -0.129. The molecule has 10 heteroatoms. The van der Waals surface area contributed by atoms with Crippen molar-refractivity contribution in [3.8, 4) is 5.75 Å². The molecule has 0 fully saturated rings. The number of Topliss-reactive ketones (excluding diaryl/α,β-unsaturated/α-hetero) is 1. The number of pyridine rings is 1. The number of carbonyl (C=O) groups is 2. The quantitative estimate of drug-likeness (QED) is 0.282. The van der Waals surface area contributed by atoms with Crippen LogP contribution in [0.15, 0.2) is 48.5 Å². The van der Waals surface area contributed by atoms with Crippen LogP contribution in [-0.4, -0.2) is 63.9 Å². The summed E-state index contributed by atoms with van der Waals surface area (Å²) in [5, 5.41) is 0.938. The van der Waals surface area contributed by atoms with Gasteiger partial charge in [0, 0.05) is 38.6 Å². The van der Waals surface area contributed by atoms with Crippen molar-refractivity contribution < 1.29 is 19.1 Å². The molecule has 2 aromatic heterocycles. The maximum Gasteiger partial charge on any atom is 0.237 e. The van der Waals surface area contributed by atoms with Crippen molar-refractivity contribution in [1.29, 1.82) is 0 Å². The number of para-hydroxylation sites is 1. The van der Waals surface area contributed by atoms with Gasteiger partial charge >= 0.3 is 0 Å². The van der Waals surface area contributed by atoms with Crippen LogP contribution < -0.4 is 10.5 Å². The van der Waals surface area contributed by atoms with E-state index in [1.807, 2.05) is 42.5 Å². The molecule has 0 bridgehead atoms. The summed E-state index contributed by atoms with van der Waals surface area (Å²) in [7, 11) is 1.65. The van der Waals surface area contributed by atoms with E-state index in [-0.39, 0.29) is 24.2 Å². The zero-order valence-electron chi connectivity index (χ0n) is 20.9. The van der Waals surface area contributed by atoms with E-state index in [0.717, 1.165) is 27.8 Å². The average molecular weight is 524 g/mol. The molecular formula is C27H30ClN5O4. The summed E-state index contributed by atoms with van der Waals surface area (Å²) in [6.45, 7) is 3.17. The van der Waals surface area contributed by atoms with Gasteiger partial charge < -0.3 is 24.7 Å². The number of halogens is 1. The molecule has 37 heavy (non-hydrogen) atoms. The van der Waals surface area contributed by atoms with Gasteiger partial charge in [0.15, 0.2) is 11.6 Å². The number of rotatable bonds is 12. The summed E-state index contributed by atoms with van der Waals surface area (Å²) in [5.41, 5.74) is 9.45. The highest BCUT2D eigenvalue weighted by Gasteiger charge is 2.20. The number of fused-ring (bicyclic) bond motifs is 3. The van der Waals surface area contributed by atoms with E-state index in [9.17, 15) is 9.59 Å². The molecular weight excluding hydrogens is 494 g/mol. The molecule has 194 valence electrons. The van der Waals surface area contributed by atoms with Crippen molar-refractivity contribution in [2.24, 2.45) is 0 Å². The summed E-state index contributed by atoms with van der Waals surface area (Å²) in [6, 6.07) is 15.1. The molecule has 0 unspecified atom stereocenters. The molecule has 0 saturated heterocycles. The lowest BCUT2D eigenvalue weighted by Gasteiger charge is -2.23. The van der Waals surface area contributed by atoms with Crippen molar-refractivity contribution in [3.63, 3.8) is 0 Å². The number of imidazole rings is 1. The molecule has 2 aromatic carbocycles. The largest absolute Gasteiger partial charge is 0.486 e. The van der Waals surface area contributed by atoms with E-state index < -0.39 is 0 Å². The van der Waals surface area contributed by atoms with Crippen LogP contribution in [0.3, 0.4) is 0 Å². The minimum Gasteiger partial charge on any atom is -0.486 e. The van der Waals surface area contributed by atoms with E-state index in [1.54, 1.807) is 18.1 Å². The average Bonchev–Trinajstić information content (AvgIpc) is 3.27. The highest BCUT2D eigenvalue weighted by molar-refractivity contribution is 6.27. The zero-order chi connectivity index (χ0) is 26.4. The number of ketones is 1. The maximum absolute atomic E-state index is 12.8. The molecule has 4 rings (SSSR count). The van der Waals surface area contributed by atoms with Crippen LogP contribution in [-0.2, 0) is 33.8 Å². The normalized spacial score (nSPS) is 11.2. The number of aromatic nitrogens is 3. The fourth-order valence-electron chi connectivity index (χ4n) is 4.27. The number of benzene rings is 2. The molecule has 0 aliphatic heterocycles. The van der Waals surface area contributed by atoms with Crippen LogP contribution in [0.5, 0.6) is 5.75 Å². The van der Waals surface area contributed by atoms with Crippen LogP contribution >= 0.6 is 11.6 Å². The van der Waals surface area contributed by atoms with Gasteiger partial charge in [-0.25, -0.2) is 9.97 Å². The number of methoxy groups -OCH3 is 1. The maximum atomic E-state index is 12.8. The smallest absolute Gasteiger partial charge is 0.237 e. The van der Waals surface area contributed by atoms with Gasteiger partial charge in [-0.3, -0.25) is 9.59 Å². The molecule has 0 radical (unpaired) electrons. The number of hydrogen-bond donors (Lipinski definition) is 1. The van der Waals surface area contributed by atoms with Gasteiger partial charge in [0.05, 0.1) is 17.6 Å². The van der Waals surface area contributed by atoms with E-state index >= 15 is 0 Å². The molecule has 0 atom stereocenters. The van der Waals surface area contributed by atoms with Gasteiger partial charge in [-0.05, 0) is 30.7 Å². The van der Waals surface area contributed by atoms with Crippen LogP contribution in [0, 0.1) is 0 Å². The Labute approximate surface area is 220 Å². The van der Waals surface area contributed by atoms with Crippen LogP contribution in [0.4, 0.5) is 5.82 Å². The second-order valence-electron chi connectivity index (χ2n) is 8.72. The third kappa shape index (κ3) is 6.18. The Balaban J connectivity index is 1.65. The topological polar surface area (TPSA) is 113 Å². The van der Waals surface area contributed by atoms with Crippen molar-refractivity contribution in [1.82, 2.24) is 19.4 Å². The monoisotopic (exact) mass is 523 g/mol. The SMILES string of the molecule is COCCc1nc2c(N)nc3ccccc3c2n1CCN(Cc1cccc(OCC(C)=O)c1)C(=O)CCl. The Hall–Kier alpha value is -3.69. The van der Waals surface area contributed by atoms with Crippen molar-refractivity contribution in [2.45, 2.75) is 26.4 Å². The van der Waals surface area contributed by atoms with E-state index in [1.165, 1.54) is 6.92 Å². The summed E-state index contributed by atoms with van der Waals surface area (Å²) in [4.78, 5) is 35.1. The molecule has 4 aromatic rings. The molecule has 2 heterocycles. The Morgan fingerprint density at radius 2 is 1.95 bits per heavy atom. The van der Waals surface area contributed by atoms with Crippen molar-refractivity contribution in [2.75, 3.05) is 38.5 Å². The van der Waals surface area contributed by atoms with Crippen molar-refractivity contribution >= 4 is 51.0 Å². The number of alkyl halides is 1. The van der Waals surface area contributed by atoms with Gasteiger partial charge in [-0.1, -0.05) is 30.3 Å². The Morgan fingerprint density at radius 1 is 1.14 bits per heavy atom. The lowest BCUT2D eigenvalue weighted by Crippen LogP contribution is -2.34. The van der Waals surface area contributed by atoms with Gasteiger partial charge in [0.2, 0.25) is 5.91 Å². The number of nitrogens with two attached hydrogens (primary N) is 1. The Kier molecular flexibility index (Phi) is 8.58. The van der Waals surface area contributed by atoms with E-state index in [0.29, 0.717) is 49.7 Å². The number of anilines is 1. The predicted octanol–water partition coefficient (Wildman–Crippen LogP) is 3.59. The van der Waals surface area contributed by atoms with Crippen LogP contribution in [0.1, 0.15) is 18.3 Å². The van der Waals surface area contributed by atoms with Gasteiger partial charge in [0.1, 0.15) is 29.6 Å². The third-order valence-electron chi connectivity index (χ3n) is 5.99. The second-order valence-corrected chi connectivity index (χ2v) is 8.99. The summed E-state index contributed by atoms with van der Waals surface area (Å²) >= 11 is 5.97. The number of nitrogens with zero attached hydrogens (tertiary/aromatic N) is 4. The minimum absolute atomic E-state index is 0.00230. The number of hydrogen-bond acceptors (Lipinski definition) is 7.